The van der Waals surface area contributed by atoms with E-state index in [2.05, 4.69) is 5.32 Å². The average molecular weight is 439 g/mol. The maximum atomic E-state index is 13.3. The summed E-state index contributed by atoms with van der Waals surface area (Å²) in [6.45, 7) is 4.45. The molecule has 0 saturated carbocycles. The normalized spacial score (nSPS) is 10.8. The summed E-state index contributed by atoms with van der Waals surface area (Å²) < 4.78 is 12.6. The van der Waals surface area contributed by atoms with Crippen LogP contribution in [0.5, 0.6) is 5.75 Å². The van der Waals surface area contributed by atoms with Crippen molar-refractivity contribution in [1.82, 2.24) is 14.4 Å². The second-order valence-electron chi connectivity index (χ2n) is 7.82. The van der Waals surface area contributed by atoms with Crippen LogP contribution in [-0.2, 0) is 24.9 Å². The number of nitrogens with zero attached hydrogens (tertiary/aromatic N) is 3. The van der Waals surface area contributed by atoms with E-state index in [0.29, 0.717) is 30.3 Å². The van der Waals surface area contributed by atoms with Gasteiger partial charge in [0, 0.05) is 30.7 Å². The second-order valence-corrected chi connectivity index (χ2v) is 7.82. The summed E-state index contributed by atoms with van der Waals surface area (Å²) in [5.74, 6) is 1.22. The molecule has 0 radical (unpaired) electrons. The lowest BCUT2D eigenvalue weighted by Crippen LogP contribution is -2.47. The molecule has 2 aromatic heterocycles. The largest absolute Gasteiger partial charge is 0.497 e. The molecule has 32 heavy (non-hydrogen) atoms. The van der Waals surface area contributed by atoms with Crippen molar-refractivity contribution in [2.24, 2.45) is 7.05 Å². The first-order chi connectivity index (χ1) is 15.4. The van der Waals surface area contributed by atoms with Crippen LogP contribution in [0.3, 0.4) is 0 Å². The van der Waals surface area contributed by atoms with Crippen molar-refractivity contribution < 1.29 is 18.7 Å². The highest BCUT2D eigenvalue weighted by Crippen LogP contribution is 2.17. The summed E-state index contributed by atoms with van der Waals surface area (Å²) in [5.41, 5.74) is 1.62. The Morgan fingerprint density at radius 3 is 2.41 bits per heavy atom. The van der Waals surface area contributed by atoms with E-state index in [4.69, 9.17) is 9.15 Å². The SMILES string of the molecule is COc1ccc(NC(=O)N(CC(=O)N(Cc2ccco2)Cc2cccn2C)C(C)C)cc1. The van der Waals surface area contributed by atoms with Crippen molar-refractivity contribution >= 4 is 17.6 Å². The Balaban J connectivity index is 1.72. The van der Waals surface area contributed by atoms with Crippen molar-refractivity contribution in [3.05, 3.63) is 72.4 Å². The summed E-state index contributed by atoms with van der Waals surface area (Å²) in [5, 5.41) is 2.86. The number of benzene rings is 1. The molecular formula is C24H30N4O4. The van der Waals surface area contributed by atoms with E-state index in [0.717, 1.165) is 5.69 Å². The molecule has 170 valence electrons. The van der Waals surface area contributed by atoms with Gasteiger partial charge in [-0.15, -0.1) is 0 Å². The van der Waals surface area contributed by atoms with Crippen LogP contribution in [-0.4, -0.2) is 46.0 Å². The number of anilines is 1. The minimum atomic E-state index is -0.338. The van der Waals surface area contributed by atoms with Gasteiger partial charge in [-0.3, -0.25) is 4.79 Å². The Labute approximate surface area is 188 Å². The predicted molar refractivity (Wildman–Crippen MR) is 122 cm³/mol. The van der Waals surface area contributed by atoms with Crippen LogP contribution in [0.25, 0.3) is 0 Å². The molecule has 8 heteroatoms. The van der Waals surface area contributed by atoms with Gasteiger partial charge < -0.3 is 28.8 Å². The number of amides is 3. The lowest BCUT2D eigenvalue weighted by molar-refractivity contribution is -0.133. The number of rotatable bonds is 9. The number of methoxy groups -OCH3 is 1. The molecule has 0 unspecified atom stereocenters. The van der Waals surface area contributed by atoms with Crippen LogP contribution in [0.4, 0.5) is 10.5 Å². The summed E-state index contributed by atoms with van der Waals surface area (Å²) in [6, 6.07) is 14.1. The summed E-state index contributed by atoms with van der Waals surface area (Å²) in [6.07, 6.45) is 3.52. The molecule has 8 nitrogen and oxygen atoms in total. The third-order valence-electron chi connectivity index (χ3n) is 5.21. The molecule has 0 aliphatic carbocycles. The topological polar surface area (TPSA) is 80.0 Å². The first-order valence-electron chi connectivity index (χ1n) is 10.5. The van der Waals surface area contributed by atoms with Gasteiger partial charge in [0.2, 0.25) is 5.91 Å². The van der Waals surface area contributed by atoms with E-state index in [9.17, 15) is 9.59 Å². The van der Waals surface area contributed by atoms with Crippen LogP contribution in [0.15, 0.2) is 65.4 Å². The van der Waals surface area contributed by atoms with E-state index in [-0.39, 0.29) is 24.5 Å². The van der Waals surface area contributed by atoms with E-state index < -0.39 is 0 Å². The van der Waals surface area contributed by atoms with E-state index in [1.807, 2.05) is 49.9 Å². The first-order valence-corrected chi connectivity index (χ1v) is 10.5. The smallest absolute Gasteiger partial charge is 0.322 e. The molecule has 0 atom stereocenters. The standard InChI is InChI=1S/C24H30N4O4/c1-18(2)28(24(30)25-19-9-11-21(31-4)12-10-19)17-23(29)27(16-22-8-6-14-32-22)15-20-7-5-13-26(20)3/h5-14,18H,15-17H2,1-4H3,(H,25,30). The summed E-state index contributed by atoms with van der Waals surface area (Å²) >= 11 is 0. The monoisotopic (exact) mass is 438 g/mol. The van der Waals surface area contributed by atoms with Crippen molar-refractivity contribution in [1.29, 1.82) is 0 Å². The van der Waals surface area contributed by atoms with Gasteiger partial charge >= 0.3 is 6.03 Å². The number of carbonyl (C=O) groups is 2. The quantitative estimate of drug-likeness (QED) is 0.546. The molecule has 2 heterocycles. The number of hydrogen-bond donors (Lipinski definition) is 1. The van der Waals surface area contributed by atoms with Gasteiger partial charge in [0.1, 0.15) is 18.1 Å². The average Bonchev–Trinajstić information content (AvgIpc) is 3.43. The number of hydrogen-bond acceptors (Lipinski definition) is 4. The maximum absolute atomic E-state index is 13.3. The number of urea groups is 1. The molecule has 1 N–H and O–H groups in total. The van der Waals surface area contributed by atoms with Gasteiger partial charge in [-0.05, 0) is 62.4 Å². The van der Waals surface area contributed by atoms with Gasteiger partial charge in [0.15, 0.2) is 0 Å². The van der Waals surface area contributed by atoms with Gasteiger partial charge in [-0.25, -0.2) is 4.79 Å². The Hall–Kier alpha value is -3.68. The zero-order valence-corrected chi connectivity index (χ0v) is 18.9. The van der Waals surface area contributed by atoms with Gasteiger partial charge in [0.25, 0.3) is 0 Å². The van der Waals surface area contributed by atoms with Gasteiger partial charge in [-0.1, -0.05) is 0 Å². The zero-order chi connectivity index (χ0) is 23.1. The van der Waals surface area contributed by atoms with Crippen LogP contribution in [0, 0.1) is 0 Å². The molecule has 0 fully saturated rings. The number of carbonyl (C=O) groups excluding carboxylic acids is 2. The lowest BCUT2D eigenvalue weighted by Gasteiger charge is -2.30. The van der Waals surface area contributed by atoms with Crippen molar-refractivity contribution in [3.8, 4) is 5.75 Å². The minimum Gasteiger partial charge on any atom is -0.497 e. The fourth-order valence-corrected chi connectivity index (χ4v) is 3.28. The predicted octanol–water partition coefficient (Wildman–Crippen LogP) is 4.10. The number of ether oxygens (including phenoxy) is 1. The van der Waals surface area contributed by atoms with Crippen LogP contribution in [0.1, 0.15) is 25.3 Å². The zero-order valence-electron chi connectivity index (χ0n) is 18.9. The Morgan fingerprint density at radius 2 is 1.84 bits per heavy atom. The van der Waals surface area contributed by atoms with Gasteiger partial charge in [0.05, 0.1) is 26.5 Å². The Bertz CT molecular complexity index is 1010. The highest BCUT2D eigenvalue weighted by atomic mass is 16.5. The lowest BCUT2D eigenvalue weighted by atomic mass is 10.2. The number of aromatic nitrogens is 1. The fraction of sp³-hybridized carbons (Fsp3) is 0.333. The van der Waals surface area contributed by atoms with Crippen molar-refractivity contribution in [3.63, 3.8) is 0 Å². The van der Waals surface area contributed by atoms with Crippen LogP contribution < -0.4 is 10.1 Å². The van der Waals surface area contributed by atoms with E-state index in [1.165, 1.54) is 4.90 Å². The maximum Gasteiger partial charge on any atom is 0.322 e. The molecular weight excluding hydrogens is 408 g/mol. The fourth-order valence-electron chi connectivity index (χ4n) is 3.28. The molecule has 0 aliphatic heterocycles. The molecule has 0 spiro atoms. The Morgan fingerprint density at radius 1 is 1.09 bits per heavy atom. The number of aryl methyl sites for hydroxylation is 1. The van der Waals surface area contributed by atoms with E-state index >= 15 is 0 Å². The second kappa shape index (κ2) is 10.6. The molecule has 1 aromatic carbocycles. The summed E-state index contributed by atoms with van der Waals surface area (Å²) in [7, 11) is 3.53. The summed E-state index contributed by atoms with van der Waals surface area (Å²) in [4.78, 5) is 29.5. The highest BCUT2D eigenvalue weighted by molar-refractivity contribution is 5.92. The van der Waals surface area contributed by atoms with Crippen molar-refractivity contribution in [2.75, 3.05) is 19.0 Å². The third-order valence-corrected chi connectivity index (χ3v) is 5.21. The molecule has 0 saturated heterocycles. The van der Waals surface area contributed by atoms with Gasteiger partial charge in [-0.2, -0.15) is 0 Å². The van der Waals surface area contributed by atoms with Crippen molar-refractivity contribution in [2.45, 2.75) is 33.0 Å². The number of nitrogens with one attached hydrogen (secondary N) is 1. The minimum absolute atomic E-state index is 0.0508. The Kier molecular flexibility index (Phi) is 7.59. The molecule has 0 aliphatic rings. The molecule has 3 amide bonds. The molecule has 3 aromatic rings. The highest BCUT2D eigenvalue weighted by Gasteiger charge is 2.25. The van der Waals surface area contributed by atoms with Crippen LogP contribution in [0.2, 0.25) is 0 Å². The third kappa shape index (κ3) is 5.94. The van der Waals surface area contributed by atoms with E-state index in [1.54, 1.807) is 48.6 Å². The van der Waals surface area contributed by atoms with Crippen LogP contribution >= 0.6 is 0 Å². The molecule has 3 rings (SSSR count). The first kappa shape index (κ1) is 23.0. The molecule has 0 bridgehead atoms. The number of furan rings is 1.